The van der Waals surface area contributed by atoms with Crippen LogP contribution in [0.1, 0.15) is 29.7 Å². The Labute approximate surface area is 158 Å². The summed E-state index contributed by atoms with van der Waals surface area (Å²) in [6, 6.07) is 14.5. The predicted molar refractivity (Wildman–Crippen MR) is 103 cm³/mol. The molecule has 1 unspecified atom stereocenters. The van der Waals surface area contributed by atoms with E-state index in [0.29, 0.717) is 11.7 Å². The van der Waals surface area contributed by atoms with Crippen LogP contribution in [-0.2, 0) is 13.0 Å². The van der Waals surface area contributed by atoms with Gasteiger partial charge in [0.05, 0.1) is 0 Å². The lowest BCUT2D eigenvalue weighted by Crippen LogP contribution is -2.45. The molecule has 1 saturated heterocycles. The number of benzene rings is 2. The van der Waals surface area contributed by atoms with Crippen molar-refractivity contribution < 1.29 is 4.39 Å². The summed E-state index contributed by atoms with van der Waals surface area (Å²) in [5, 5.41) is 7.49. The first-order chi connectivity index (χ1) is 13.2. The fraction of sp³-hybridized carbons (Fsp3) is 0.333. The van der Waals surface area contributed by atoms with E-state index in [1.807, 2.05) is 6.07 Å². The standard InChI is InChI=1S/C21H24FN5/c1-2-16-3-6-18(7-4-16)21-12-23-9-10-26(21)13-17-5-8-20(19(22)11-17)27-15-24-14-25-27/h3-8,11,14-15,21,23H,2,9-10,12-13H2,1H3. The van der Waals surface area contributed by atoms with Gasteiger partial charge in [-0.3, -0.25) is 4.90 Å². The first-order valence-electron chi connectivity index (χ1n) is 9.41. The molecule has 1 aliphatic rings. The average Bonchev–Trinajstić information content (AvgIpc) is 3.23. The molecule has 0 aliphatic carbocycles. The smallest absolute Gasteiger partial charge is 0.149 e. The van der Waals surface area contributed by atoms with E-state index in [1.54, 1.807) is 12.1 Å². The Hall–Kier alpha value is -2.57. The number of nitrogens with zero attached hydrogens (tertiary/aromatic N) is 4. The van der Waals surface area contributed by atoms with Gasteiger partial charge in [0.25, 0.3) is 0 Å². The number of hydrogen-bond donors (Lipinski definition) is 1. The summed E-state index contributed by atoms with van der Waals surface area (Å²) in [7, 11) is 0. The van der Waals surface area contributed by atoms with E-state index in [-0.39, 0.29) is 5.82 Å². The third-order valence-corrected chi connectivity index (χ3v) is 5.19. The highest BCUT2D eigenvalue weighted by molar-refractivity contribution is 5.35. The quantitative estimate of drug-likeness (QED) is 0.755. The lowest BCUT2D eigenvalue weighted by molar-refractivity contribution is 0.153. The molecule has 1 aromatic heterocycles. The average molecular weight is 365 g/mol. The Morgan fingerprint density at radius 3 is 2.67 bits per heavy atom. The highest BCUT2D eigenvalue weighted by Crippen LogP contribution is 2.25. The number of aromatic nitrogens is 3. The van der Waals surface area contributed by atoms with Gasteiger partial charge in [0, 0.05) is 32.2 Å². The molecule has 1 N–H and O–H groups in total. The van der Waals surface area contributed by atoms with E-state index >= 15 is 0 Å². The molecule has 5 nitrogen and oxygen atoms in total. The van der Waals surface area contributed by atoms with Crippen molar-refractivity contribution in [1.82, 2.24) is 25.0 Å². The Bertz CT molecular complexity index is 876. The zero-order chi connectivity index (χ0) is 18.6. The molecule has 0 spiro atoms. The van der Waals surface area contributed by atoms with Gasteiger partial charge < -0.3 is 5.32 Å². The minimum Gasteiger partial charge on any atom is -0.314 e. The molecule has 0 amide bonds. The summed E-state index contributed by atoms with van der Waals surface area (Å²) in [4.78, 5) is 6.30. The van der Waals surface area contributed by atoms with E-state index < -0.39 is 0 Å². The van der Waals surface area contributed by atoms with E-state index in [2.05, 4.69) is 51.5 Å². The van der Waals surface area contributed by atoms with Crippen molar-refractivity contribution in [3.63, 3.8) is 0 Å². The van der Waals surface area contributed by atoms with Crippen molar-refractivity contribution in [1.29, 1.82) is 0 Å². The Balaban J connectivity index is 1.53. The number of rotatable bonds is 5. The molecule has 0 radical (unpaired) electrons. The molecule has 2 heterocycles. The van der Waals surface area contributed by atoms with E-state index in [0.717, 1.165) is 38.2 Å². The topological polar surface area (TPSA) is 46.0 Å². The number of nitrogens with one attached hydrogen (secondary N) is 1. The molecular weight excluding hydrogens is 341 g/mol. The molecule has 1 fully saturated rings. The summed E-state index contributed by atoms with van der Waals surface area (Å²) in [5.41, 5.74) is 4.04. The van der Waals surface area contributed by atoms with Gasteiger partial charge in [-0.25, -0.2) is 14.1 Å². The van der Waals surface area contributed by atoms with Crippen molar-refractivity contribution in [2.24, 2.45) is 0 Å². The first-order valence-corrected chi connectivity index (χ1v) is 9.41. The highest BCUT2D eigenvalue weighted by atomic mass is 19.1. The molecule has 140 valence electrons. The number of piperazine rings is 1. The SMILES string of the molecule is CCc1ccc(C2CNCCN2Cc2ccc(-n3cncn3)c(F)c2)cc1. The molecule has 0 bridgehead atoms. The van der Waals surface area contributed by atoms with Crippen LogP contribution >= 0.6 is 0 Å². The van der Waals surface area contributed by atoms with E-state index in [9.17, 15) is 4.39 Å². The van der Waals surface area contributed by atoms with Gasteiger partial charge in [-0.2, -0.15) is 5.10 Å². The molecule has 3 aromatic rings. The number of hydrogen-bond acceptors (Lipinski definition) is 4. The maximum Gasteiger partial charge on any atom is 0.149 e. The van der Waals surface area contributed by atoms with Crippen molar-refractivity contribution in [3.8, 4) is 5.69 Å². The number of aryl methyl sites for hydroxylation is 1. The normalized spacial score (nSPS) is 17.9. The van der Waals surface area contributed by atoms with E-state index in [1.165, 1.54) is 28.5 Å². The largest absolute Gasteiger partial charge is 0.314 e. The molecule has 2 aromatic carbocycles. The van der Waals surface area contributed by atoms with Gasteiger partial charge in [-0.1, -0.05) is 37.3 Å². The van der Waals surface area contributed by atoms with Gasteiger partial charge in [0.1, 0.15) is 24.2 Å². The fourth-order valence-corrected chi connectivity index (χ4v) is 3.64. The van der Waals surface area contributed by atoms with Crippen LogP contribution in [0.4, 0.5) is 4.39 Å². The summed E-state index contributed by atoms with van der Waals surface area (Å²) in [6.45, 7) is 5.68. The second-order valence-electron chi connectivity index (χ2n) is 6.91. The molecule has 1 aliphatic heterocycles. The van der Waals surface area contributed by atoms with Gasteiger partial charge >= 0.3 is 0 Å². The monoisotopic (exact) mass is 365 g/mol. The predicted octanol–water partition coefficient (Wildman–Crippen LogP) is 3.12. The summed E-state index contributed by atoms with van der Waals surface area (Å²) < 4.78 is 16.0. The van der Waals surface area contributed by atoms with Crippen LogP contribution in [0.5, 0.6) is 0 Å². The number of halogens is 1. The maximum atomic E-state index is 14.6. The summed E-state index contributed by atoms with van der Waals surface area (Å²) in [6.07, 6.45) is 3.96. The van der Waals surface area contributed by atoms with Crippen LogP contribution in [0.3, 0.4) is 0 Å². The molecular formula is C21H24FN5. The zero-order valence-electron chi connectivity index (χ0n) is 15.5. The van der Waals surface area contributed by atoms with Gasteiger partial charge in [0.15, 0.2) is 0 Å². The maximum absolute atomic E-state index is 14.6. The van der Waals surface area contributed by atoms with Gasteiger partial charge in [-0.15, -0.1) is 0 Å². The third kappa shape index (κ3) is 3.91. The Kier molecular flexibility index (Phi) is 5.27. The van der Waals surface area contributed by atoms with Crippen molar-refractivity contribution in [2.75, 3.05) is 19.6 Å². The Morgan fingerprint density at radius 1 is 1.15 bits per heavy atom. The molecule has 27 heavy (non-hydrogen) atoms. The minimum atomic E-state index is -0.281. The third-order valence-electron chi connectivity index (χ3n) is 5.19. The summed E-state index contributed by atoms with van der Waals surface area (Å²) in [5.74, 6) is -0.281. The van der Waals surface area contributed by atoms with Gasteiger partial charge in [-0.05, 0) is 35.2 Å². The zero-order valence-corrected chi connectivity index (χ0v) is 15.5. The molecule has 6 heteroatoms. The van der Waals surface area contributed by atoms with Crippen LogP contribution < -0.4 is 5.32 Å². The van der Waals surface area contributed by atoms with Crippen LogP contribution in [0.25, 0.3) is 5.69 Å². The second-order valence-corrected chi connectivity index (χ2v) is 6.91. The van der Waals surface area contributed by atoms with Crippen LogP contribution in [0.15, 0.2) is 55.1 Å². The van der Waals surface area contributed by atoms with Crippen molar-refractivity contribution >= 4 is 0 Å². The van der Waals surface area contributed by atoms with Crippen LogP contribution in [-0.4, -0.2) is 39.3 Å². The lowest BCUT2D eigenvalue weighted by Gasteiger charge is -2.36. The second kappa shape index (κ2) is 7.98. The van der Waals surface area contributed by atoms with Crippen LogP contribution in [0.2, 0.25) is 0 Å². The van der Waals surface area contributed by atoms with Gasteiger partial charge in [0.2, 0.25) is 0 Å². The van der Waals surface area contributed by atoms with Crippen molar-refractivity contribution in [3.05, 3.63) is 77.6 Å². The summed E-state index contributed by atoms with van der Waals surface area (Å²) >= 11 is 0. The first kappa shape index (κ1) is 17.8. The lowest BCUT2D eigenvalue weighted by atomic mass is 10.00. The Morgan fingerprint density at radius 2 is 1.96 bits per heavy atom. The van der Waals surface area contributed by atoms with Crippen molar-refractivity contribution in [2.45, 2.75) is 25.9 Å². The molecule has 4 rings (SSSR count). The molecule has 1 atom stereocenters. The fourth-order valence-electron chi connectivity index (χ4n) is 3.64. The molecule has 0 saturated carbocycles. The van der Waals surface area contributed by atoms with E-state index in [4.69, 9.17) is 0 Å². The minimum absolute atomic E-state index is 0.281. The highest BCUT2D eigenvalue weighted by Gasteiger charge is 2.24. The van der Waals surface area contributed by atoms with Crippen LogP contribution in [0, 0.1) is 5.82 Å².